The van der Waals surface area contributed by atoms with Gasteiger partial charge in [-0.1, -0.05) is 42.2 Å². The maximum Gasteiger partial charge on any atom is 0.263 e. The average molecular weight is 274 g/mol. The lowest BCUT2D eigenvalue weighted by atomic mass is 10.1. The minimum absolute atomic E-state index is 0.116. The molecule has 1 aliphatic rings. The van der Waals surface area contributed by atoms with E-state index in [4.69, 9.17) is 12.2 Å². The molecule has 0 radical (unpaired) electrons. The molecule has 5 heteroatoms. The number of hydrogen-bond donors (Lipinski definition) is 2. The first-order chi connectivity index (χ1) is 8.65. The van der Waals surface area contributed by atoms with Gasteiger partial charge in [0.1, 0.15) is 4.32 Å². The largest absolute Gasteiger partial charge is 0.358 e. The summed E-state index contributed by atoms with van der Waals surface area (Å²) >= 11 is 6.29. The summed E-state index contributed by atoms with van der Waals surface area (Å²) in [5, 5.41) is 3.74. The van der Waals surface area contributed by atoms with Gasteiger partial charge in [0.2, 0.25) is 0 Å². The quantitative estimate of drug-likeness (QED) is 0.621. The number of fused-ring (bicyclic) bond motifs is 1. The second-order valence-electron chi connectivity index (χ2n) is 4.06. The first-order valence-corrected chi connectivity index (χ1v) is 6.70. The van der Waals surface area contributed by atoms with Crippen molar-refractivity contribution in [3.63, 3.8) is 0 Å². The van der Waals surface area contributed by atoms with Crippen molar-refractivity contribution in [1.82, 2.24) is 10.3 Å². The Morgan fingerprint density at radius 2 is 2.11 bits per heavy atom. The zero-order valence-electron chi connectivity index (χ0n) is 9.61. The van der Waals surface area contributed by atoms with Crippen LogP contribution in [0.5, 0.6) is 0 Å². The Bertz CT molecular complexity index is 700. The molecule has 0 spiro atoms. The molecule has 0 aliphatic carbocycles. The topological polar surface area (TPSA) is 44.9 Å². The molecule has 1 aliphatic heterocycles. The molecule has 1 aromatic carbocycles. The van der Waals surface area contributed by atoms with E-state index >= 15 is 0 Å². The fourth-order valence-corrected chi connectivity index (χ4v) is 3.06. The second kappa shape index (κ2) is 4.26. The van der Waals surface area contributed by atoms with E-state index in [-0.39, 0.29) is 5.91 Å². The molecule has 2 aromatic rings. The molecule has 0 bridgehead atoms. The molecule has 90 valence electrons. The lowest BCUT2D eigenvalue weighted by Gasteiger charge is -1.95. The van der Waals surface area contributed by atoms with E-state index in [2.05, 4.69) is 10.3 Å². The van der Waals surface area contributed by atoms with E-state index in [1.807, 2.05) is 37.3 Å². The summed E-state index contributed by atoms with van der Waals surface area (Å²) < 4.78 is 0.517. The van der Waals surface area contributed by atoms with Crippen LogP contribution in [0, 0.1) is 6.92 Å². The summed E-state index contributed by atoms with van der Waals surface area (Å²) in [5.74, 6) is -0.116. The monoisotopic (exact) mass is 274 g/mol. The number of carbonyl (C=O) groups excluding carboxylic acids is 1. The number of aryl methyl sites for hydroxylation is 1. The van der Waals surface area contributed by atoms with Gasteiger partial charge in [0.15, 0.2) is 0 Å². The van der Waals surface area contributed by atoms with Crippen molar-refractivity contribution in [3.05, 3.63) is 40.4 Å². The molecule has 1 amide bonds. The molecule has 0 unspecified atom stereocenters. The highest BCUT2D eigenvalue weighted by Gasteiger charge is 2.22. The highest BCUT2D eigenvalue weighted by molar-refractivity contribution is 8.26. The maximum absolute atomic E-state index is 11.7. The number of rotatable bonds is 1. The van der Waals surface area contributed by atoms with Crippen LogP contribution in [0.25, 0.3) is 17.0 Å². The van der Waals surface area contributed by atoms with Crippen LogP contribution in [-0.4, -0.2) is 15.2 Å². The van der Waals surface area contributed by atoms with Gasteiger partial charge in [-0.25, -0.2) is 0 Å². The van der Waals surface area contributed by atoms with Crippen molar-refractivity contribution in [2.45, 2.75) is 6.92 Å². The van der Waals surface area contributed by atoms with E-state index in [0.717, 1.165) is 22.2 Å². The number of nitrogens with one attached hydrogen (secondary N) is 2. The number of aromatic nitrogens is 1. The molecule has 18 heavy (non-hydrogen) atoms. The summed E-state index contributed by atoms with van der Waals surface area (Å²) in [6, 6.07) is 8.05. The Morgan fingerprint density at radius 3 is 2.83 bits per heavy atom. The third-order valence-electron chi connectivity index (χ3n) is 2.86. The molecule has 0 saturated carbocycles. The van der Waals surface area contributed by atoms with Crippen LogP contribution in [0.2, 0.25) is 0 Å². The number of carbonyl (C=O) groups is 1. The molecular formula is C13H10N2OS2. The predicted molar refractivity (Wildman–Crippen MR) is 79.3 cm³/mol. The summed E-state index contributed by atoms with van der Waals surface area (Å²) in [7, 11) is 0. The number of para-hydroxylation sites is 1. The smallest absolute Gasteiger partial charge is 0.263 e. The fourth-order valence-electron chi connectivity index (χ4n) is 2.04. The van der Waals surface area contributed by atoms with Gasteiger partial charge in [-0.05, 0) is 19.1 Å². The summed E-state index contributed by atoms with van der Waals surface area (Å²) in [6.45, 7) is 2.00. The Morgan fingerprint density at radius 1 is 1.33 bits per heavy atom. The van der Waals surface area contributed by atoms with Gasteiger partial charge >= 0.3 is 0 Å². The van der Waals surface area contributed by atoms with E-state index in [9.17, 15) is 4.79 Å². The van der Waals surface area contributed by atoms with Gasteiger partial charge in [0, 0.05) is 22.2 Å². The van der Waals surface area contributed by atoms with Gasteiger partial charge < -0.3 is 10.3 Å². The maximum atomic E-state index is 11.7. The highest BCUT2D eigenvalue weighted by Crippen LogP contribution is 2.30. The van der Waals surface area contributed by atoms with Crippen molar-refractivity contribution >= 4 is 51.2 Å². The van der Waals surface area contributed by atoms with Gasteiger partial charge in [-0.3, -0.25) is 4.79 Å². The molecule has 1 saturated heterocycles. The number of aromatic amines is 1. The molecular weight excluding hydrogens is 264 g/mol. The minimum atomic E-state index is -0.116. The fraction of sp³-hybridized carbons (Fsp3) is 0.0769. The number of H-pyrrole nitrogens is 1. The van der Waals surface area contributed by atoms with E-state index in [1.54, 1.807) is 0 Å². The zero-order valence-corrected chi connectivity index (χ0v) is 11.2. The summed E-state index contributed by atoms with van der Waals surface area (Å²) in [5.41, 5.74) is 3.18. The van der Waals surface area contributed by atoms with E-state index in [0.29, 0.717) is 9.23 Å². The van der Waals surface area contributed by atoms with E-state index < -0.39 is 0 Å². The Balaban J connectivity index is 2.15. The molecule has 1 fully saturated rings. The summed E-state index contributed by atoms with van der Waals surface area (Å²) in [4.78, 5) is 15.6. The normalized spacial score (nSPS) is 17.7. The van der Waals surface area contributed by atoms with Crippen molar-refractivity contribution in [2.24, 2.45) is 0 Å². The second-order valence-corrected chi connectivity index (χ2v) is 5.78. The SMILES string of the molecule is Cc1[nH]c2ccccc2c1/C=C1/SC(=S)NC1=O. The molecule has 3 nitrogen and oxygen atoms in total. The van der Waals surface area contributed by atoms with Crippen LogP contribution in [0.15, 0.2) is 29.2 Å². The first kappa shape index (κ1) is 11.5. The van der Waals surface area contributed by atoms with Crippen LogP contribution < -0.4 is 5.32 Å². The van der Waals surface area contributed by atoms with Gasteiger partial charge in [-0.15, -0.1) is 0 Å². The van der Waals surface area contributed by atoms with Gasteiger partial charge in [0.25, 0.3) is 5.91 Å². The van der Waals surface area contributed by atoms with Crippen LogP contribution >= 0.6 is 24.0 Å². The lowest BCUT2D eigenvalue weighted by Crippen LogP contribution is -2.17. The van der Waals surface area contributed by atoms with Crippen LogP contribution in [-0.2, 0) is 4.79 Å². The van der Waals surface area contributed by atoms with Crippen molar-refractivity contribution in [2.75, 3.05) is 0 Å². The average Bonchev–Trinajstić information content (AvgIpc) is 2.81. The van der Waals surface area contributed by atoms with Crippen LogP contribution in [0.4, 0.5) is 0 Å². The van der Waals surface area contributed by atoms with Gasteiger partial charge in [0.05, 0.1) is 4.91 Å². The molecule has 2 heterocycles. The van der Waals surface area contributed by atoms with Crippen molar-refractivity contribution < 1.29 is 4.79 Å². The standard InChI is InChI=1S/C13H10N2OS2/c1-7-9(6-11-12(16)15-13(17)18-11)8-4-2-3-5-10(8)14-7/h2-6,14H,1H3,(H,15,16,17)/b11-6+. The third kappa shape index (κ3) is 1.85. The highest BCUT2D eigenvalue weighted by atomic mass is 32.2. The number of amides is 1. The Labute approximate surface area is 114 Å². The first-order valence-electron chi connectivity index (χ1n) is 5.47. The van der Waals surface area contributed by atoms with Crippen molar-refractivity contribution in [3.8, 4) is 0 Å². The van der Waals surface area contributed by atoms with Crippen LogP contribution in [0.3, 0.4) is 0 Å². The zero-order chi connectivity index (χ0) is 12.7. The predicted octanol–water partition coefficient (Wildman–Crippen LogP) is 2.97. The van der Waals surface area contributed by atoms with Crippen molar-refractivity contribution in [1.29, 1.82) is 0 Å². The summed E-state index contributed by atoms with van der Waals surface area (Å²) in [6.07, 6.45) is 1.90. The number of hydrogen-bond acceptors (Lipinski definition) is 3. The molecule has 0 atom stereocenters. The third-order valence-corrected chi connectivity index (χ3v) is 4.02. The number of benzene rings is 1. The molecule has 1 aromatic heterocycles. The minimum Gasteiger partial charge on any atom is -0.358 e. The molecule has 2 N–H and O–H groups in total. The number of thiocarbonyl (C=S) groups is 1. The van der Waals surface area contributed by atoms with Gasteiger partial charge in [-0.2, -0.15) is 0 Å². The number of thioether (sulfide) groups is 1. The van der Waals surface area contributed by atoms with Crippen LogP contribution in [0.1, 0.15) is 11.3 Å². The Kier molecular flexibility index (Phi) is 2.72. The molecule has 3 rings (SSSR count). The Hall–Kier alpha value is -1.59. The lowest BCUT2D eigenvalue weighted by molar-refractivity contribution is -0.115. The van der Waals surface area contributed by atoms with E-state index in [1.165, 1.54) is 11.8 Å².